The normalized spacial score (nSPS) is 24.9. The number of nitrogens with one attached hydrogen (secondary N) is 1. The molecular formula is C22H31FN2O3. The molecule has 5 nitrogen and oxygen atoms in total. The number of hydrogen-bond acceptors (Lipinski definition) is 3. The predicted molar refractivity (Wildman–Crippen MR) is 106 cm³/mol. The third-order valence-corrected chi connectivity index (χ3v) is 6.23. The fraction of sp³-hybridized carbons (Fsp3) is 0.636. The van der Waals surface area contributed by atoms with Crippen LogP contribution >= 0.6 is 0 Å². The van der Waals surface area contributed by atoms with Gasteiger partial charge in [-0.25, -0.2) is 4.39 Å². The molecule has 0 radical (unpaired) electrons. The lowest BCUT2D eigenvalue weighted by atomic mass is 9.84. The Morgan fingerprint density at radius 1 is 1.39 bits per heavy atom. The highest BCUT2D eigenvalue weighted by molar-refractivity contribution is 5.80. The van der Waals surface area contributed by atoms with E-state index in [2.05, 4.69) is 12.2 Å². The van der Waals surface area contributed by atoms with Gasteiger partial charge in [-0.2, -0.15) is 0 Å². The highest BCUT2D eigenvalue weighted by Gasteiger charge is 2.38. The maximum absolute atomic E-state index is 13.7. The molecule has 2 heterocycles. The minimum atomic E-state index is -0.451. The summed E-state index contributed by atoms with van der Waals surface area (Å²) in [5.74, 6) is 0.00323. The SMILES string of the molecule is CC[C@H]1CCCCN1C(=O)CC[C@@]1(Cc2ccc(F)c(OC)c2)CCC(=O)N1. The number of nitrogens with zero attached hydrogens (tertiary/aromatic N) is 1. The van der Waals surface area contributed by atoms with Gasteiger partial charge in [0.25, 0.3) is 0 Å². The van der Waals surface area contributed by atoms with Crippen LogP contribution in [0.2, 0.25) is 0 Å². The molecule has 154 valence electrons. The van der Waals surface area contributed by atoms with Crippen LogP contribution in [-0.4, -0.2) is 41.9 Å². The second kappa shape index (κ2) is 8.93. The quantitative estimate of drug-likeness (QED) is 0.774. The third kappa shape index (κ3) is 4.65. The lowest BCUT2D eigenvalue weighted by Gasteiger charge is -2.36. The maximum atomic E-state index is 13.7. The largest absolute Gasteiger partial charge is 0.494 e. The third-order valence-electron chi connectivity index (χ3n) is 6.23. The minimum absolute atomic E-state index is 0.0194. The van der Waals surface area contributed by atoms with Crippen LogP contribution in [-0.2, 0) is 16.0 Å². The fourth-order valence-corrected chi connectivity index (χ4v) is 4.63. The number of amides is 2. The van der Waals surface area contributed by atoms with Gasteiger partial charge < -0.3 is 15.0 Å². The van der Waals surface area contributed by atoms with Gasteiger partial charge in [-0.15, -0.1) is 0 Å². The zero-order valence-electron chi connectivity index (χ0n) is 16.9. The number of rotatable bonds is 7. The molecule has 0 unspecified atom stereocenters. The number of halogens is 1. The minimum Gasteiger partial charge on any atom is -0.494 e. The summed E-state index contributed by atoms with van der Waals surface area (Å²) >= 11 is 0. The Labute approximate surface area is 166 Å². The summed E-state index contributed by atoms with van der Waals surface area (Å²) in [5.41, 5.74) is 0.449. The summed E-state index contributed by atoms with van der Waals surface area (Å²) in [6.07, 6.45) is 7.08. The Morgan fingerprint density at radius 2 is 2.21 bits per heavy atom. The van der Waals surface area contributed by atoms with Crippen LogP contribution in [0.5, 0.6) is 5.75 Å². The topological polar surface area (TPSA) is 58.6 Å². The molecule has 1 aromatic rings. The number of carbonyl (C=O) groups is 2. The molecule has 0 bridgehead atoms. The number of ether oxygens (including phenoxy) is 1. The van der Waals surface area contributed by atoms with Crippen LogP contribution in [0.3, 0.4) is 0 Å². The lowest BCUT2D eigenvalue weighted by Crippen LogP contribution is -2.47. The second-order valence-electron chi connectivity index (χ2n) is 8.12. The van der Waals surface area contributed by atoms with Gasteiger partial charge in [-0.1, -0.05) is 13.0 Å². The molecule has 1 aromatic carbocycles. The van der Waals surface area contributed by atoms with E-state index in [9.17, 15) is 14.0 Å². The first-order chi connectivity index (χ1) is 13.5. The number of benzene rings is 1. The first-order valence-corrected chi connectivity index (χ1v) is 10.4. The van der Waals surface area contributed by atoms with Crippen molar-refractivity contribution in [1.29, 1.82) is 0 Å². The second-order valence-corrected chi connectivity index (χ2v) is 8.12. The Hall–Kier alpha value is -2.11. The molecule has 2 amide bonds. The first-order valence-electron chi connectivity index (χ1n) is 10.4. The molecule has 1 N–H and O–H groups in total. The standard InChI is InChI=1S/C22H31FN2O3/c1-3-17-6-4-5-13-25(17)21(27)10-12-22(11-9-20(26)24-22)15-16-7-8-18(23)19(14-16)28-2/h7-8,14,17H,3-6,9-13,15H2,1-2H3,(H,24,26)/t17-,22+/m0/s1. The summed E-state index contributed by atoms with van der Waals surface area (Å²) < 4.78 is 18.8. The van der Waals surface area contributed by atoms with Gasteiger partial charge in [0.1, 0.15) is 0 Å². The smallest absolute Gasteiger partial charge is 0.222 e. The van der Waals surface area contributed by atoms with Crippen molar-refractivity contribution in [3.8, 4) is 5.75 Å². The number of carbonyl (C=O) groups excluding carboxylic acids is 2. The molecule has 3 rings (SSSR count). The summed E-state index contributed by atoms with van der Waals surface area (Å²) in [7, 11) is 1.44. The van der Waals surface area contributed by atoms with E-state index in [0.717, 1.165) is 31.4 Å². The summed E-state index contributed by atoms with van der Waals surface area (Å²) in [5, 5.41) is 3.11. The van der Waals surface area contributed by atoms with Gasteiger partial charge in [0.05, 0.1) is 7.11 Å². The molecular weight excluding hydrogens is 359 g/mol. The van der Waals surface area contributed by atoms with Crippen LogP contribution in [0.15, 0.2) is 18.2 Å². The number of piperidine rings is 1. The number of hydrogen-bond donors (Lipinski definition) is 1. The van der Waals surface area contributed by atoms with E-state index in [4.69, 9.17) is 4.74 Å². The van der Waals surface area contributed by atoms with Crippen LogP contribution < -0.4 is 10.1 Å². The van der Waals surface area contributed by atoms with E-state index in [0.29, 0.717) is 38.1 Å². The van der Waals surface area contributed by atoms with Crippen LogP contribution in [0.4, 0.5) is 4.39 Å². The Balaban J connectivity index is 1.70. The van der Waals surface area contributed by atoms with Gasteiger partial charge in [-0.05, 0) is 62.6 Å². The zero-order valence-corrected chi connectivity index (χ0v) is 16.9. The summed E-state index contributed by atoms with van der Waals surface area (Å²) in [6, 6.07) is 5.14. The zero-order chi connectivity index (χ0) is 20.1. The van der Waals surface area contributed by atoms with Gasteiger partial charge >= 0.3 is 0 Å². The van der Waals surface area contributed by atoms with Crippen molar-refractivity contribution in [3.05, 3.63) is 29.6 Å². The molecule has 28 heavy (non-hydrogen) atoms. The van der Waals surface area contributed by atoms with Crippen LogP contribution in [0, 0.1) is 5.82 Å². The van der Waals surface area contributed by atoms with Gasteiger partial charge in [0.2, 0.25) is 11.8 Å². The highest BCUT2D eigenvalue weighted by atomic mass is 19.1. The van der Waals surface area contributed by atoms with E-state index >= 15 is 0 Å². The van der Waals surface area contributed by atoms with E-state index < -0.39 is 11.4 Å². The van der Waals surface area contributed by atoms with Crippen molar-refractivity contribution in [3.63, 3.8) is 0 Å². The first kappa shape index (κ1) is 20.6. The Bertz CT molecular complexity index is 724. The average molecular weight is 390 g/mol. The average Bonchev–Trinajstić information content (AvgIpc) is 3.08. The molecule has 0 aromatic heterocycles. The molecule has 2 saturated heterocycles. The molecule has 0 saturated carbocycles. The fourth-order valence-electron chi connectivity index (χ4n) is 4.63. The summed E-state index contributed by atoms with van der Waals surface area (Å²) in [4.78, 5) is 26.9. The van der Waals surface area contributed by atoms with E-state index in [1.54, 1.807) is 12.1 Å². The van der Waals surface area contributed by atoms with E-state index in [1.165, 1.54) is 19.6 Å². The molecule has 2 aliphatic heterocycles. The Morgan fingerprint density at radius 3 is 2.89 bits per heavy atom. The molecule has 2 fully saturated rings. The molecule has 2 atom stereocenters. The predicted octanol–water partition coefficient (Wildman–Crippen LogP) is 3.60. The lowest BCUT2D eigenvalue weighted by molar-refractivity contribution is -0.135. The van der Waals surface area contributed by atoms with E-state index in [1.807, 2.05) is 4.90 Å². The Kier molecular flexibility index (Phi) is 6.57. The maximum Gasteiger partial charge on any atom is 0.222 e. The molecule has 2 aliphatic rings. The van der Waals surface area contributed by atoms with Gasteiger partial charge in [0, 0.05) is 31.0 Å². The number of methoxy groups -OCH3 is 1. The van der Waals surface area contributed by atoms with Crippen molar-refractivity contribution >= 4 is 11.8 Å². The van der Waals surface area contributed by atoms with Crippen molar-refractivity contribution in [1.82, 2.24) is 10.2 Å². The molecule has 0 spiro atoms. The van der Waals surface area contributed by atoms with Crippen molar-refractivity contribution < 1.29 is 18.7 Å². The van der Waals surface area contributed by atoms with Gasteiger partial charge in [0.15, 0.2) is 11.6 Å². The van der Waals surface area contributed by atoms with Gasteiger partial charge in [-0.3, -0.25) is 9.59 Å². The number of likely N-dealkylation sites (tertiary alicyclic amines) is 1. The molecule has 6 heteroatoms. The molecule has 0 aliphatic carbocycles. The highest BCUT2D eigenvalue weighted by Crippen LogP contribution is 2.32. The summed E-state index contributed by atoms with van der Waals surface area (Å²) in [6.45, 7) is 2.97. The van der Waals surface area contributed by atoms with Crippen molar-refractivity contribution in [2.75, 3.05) is 13.7 Å². The van der Waals surface area contributed by atoms with Crippen LogP contribution in [0.25, 0.3) is 0 Å². The van der Waals surface area contributed by atoms with Crippen molar-refractivity contribution in [2.45, 2.75) is 76.3 Å². The van der Waals surface area contributed by atoms with Crippen molar-refractivity contribution in [2.24, 2.45) is 0 Å². The van der Waals surface area contributed by atoms with E-state index in [-0.39, 0.29) is 17.6 Å². The monoisotopic (exact) mass is 390 g/mol. The van der Waals surface area contributed by atoms with Crippen LogP contribution in [0.1, 0.15) is 63.9 Å².